The molecule has 3 amide bonds. The number of hydrogen-bond donors (Lipinski definition) is 1. The highest BCUT2D eigenvalue weighted by molar-refractivity contribution is 6.10. The Bertz CT molecular complexity index is 973. The average molecular weight is 439 g/mol. The number of rotatable bonds is 10. The first-order valence-corrected chi connectivity index (χ1v) is 10.7. The first kappa shape index (κ1) is 23.5. The number of ether oxygens (including phenoxy) is 2. The topological polar surface area (TPSA) is 84.9 Å². The molecular weight excluding hydrogens is 408 g/mol. The van der Waals surface area contributed by atoms with Crippen LogP contribution in [0.5, 0.6) is 5.75 Å². The van der Waals surface area contributed by atoms with Gasteiger partial charge in [-0.2, -0.15) is 0 Å². The van der Waals surface area contributed by atoms with E-state index in [-0.39, 0.29) is 37.1 Å². The molecule has 0 aliphatic carbocycles. The summed E-state index contributed by atoms with van der Waals surface area (Å²) < 4.78 is 10.2. The summed E-state index contributed by atoms with van der Waals surface area (Å²) in [4.78, 5) is 40.6. The Hall–Kier alpha value is -3.19. The van der Waals surface area contributed by atoms with Crippen LogP contribution in [0.1, 0.15) is 36.0 Å². The first-order valence-electron chi connectivity index (χ1n) is 10.7. The number of benzene rings is 2. The number of amides is 3. The fourth-order valence-electron chi connectivity index (χ4n) is 4.23. The molecule has 1 aliphatic rings. The van der Waals surface area contributed by atoms with Gasteiger partial charge in [-0.05, 0) is 42.2 Å². The Morgan fingerprint density at radius 2 is 1.81 bits per heavy atom. The third-order valence-corrected chi connectivity index (χ3v) is 5.91. The third kappa shape index (κ3) is 4.99. The highest BCUT2D eigenvalue weighted by atomic mass is 16.5. The third-order valence-electron chi connectivity index (χ3n) is 5.91. The zero-order chi connectivity index (χ0) is 23.1. The highest BCUT2D eigenvalue weighted by Crippen LogP contribution is 2.41. The van der Waals surface area contributed by atoms with E-state index in [0.29, 0.717) is 19.6 Å². The van der Waals surface area contributed by atoms with Crippen LogP contribution in [0.2, 0.25) is 0 Å². The second-order valence-corrected chi connectivity index (χ2v) is 8.07. The van der Waals surface area contributed by atoms with Gasteiger partial charge < -0.3 is 14.8 Å². The van der Waals surface area contributed by atoms with E-state index < -0.39 is 5.41 Å². The summed E-state index contributed by atoms with van der Waals surface area (Å²) in [5.41, 5.74) is 1.33. The number of nitrogens with zero attached hydrogens (tertiary/aromatic N) is 1. The van der Waals surface area contributed by atoms with Gasteiger partial charge in [0.1, 0.15) is 5.75 Å². The fraction of sp³-hybridized carbons (Fsp3) is 0.400. The number of methoxy groups -OCH3 is 2. The molecule has 0 bridgehead atoms. The molecule has 0 saturated carbocycles. The summed E-state index contributed by atoms with van der Waals surface area (Å²) in [5, 5.41) is 2.90. The molecule has 2 aromatic rings. The quantitative estimate of drug-likeness (QED) is 0.455. The van der Waals surface area contributed by atoms with Gasteiger partial charge in [0.2, 0.25) is 17.7 Å². The van der Waals surface area contributed by atoms with Gasteiger partial charge in [0.25, 0.3) is 0 Å². The SMILES string of the molecule is COCCCN1C(=O)C[C@](CC(=O)NCc2ccc(OC)cc2)(c2ccccc2C)C1=O. The lowest BCUT2D eigenvalue weighted by Gasteiger charge is -2.28. The highest BCUT2D eigenvalue weighted by Gasteiger charge is 2.53. The van der Waals surface area contributed by atoms with Crippen LogP contribution < -0.4 is 10.1 Å². The molecule has 0 radical (unpaired) electrons. The minimum atomic E-state index is -1.19. The van der Waals surface area contributed by atoms with E-state index in [1.54, 1.807) is 14.2 Å². The molecule has 1 aliphatic heterocycles. The number of nitrogens with one attached hydrogen (secondary N) is 1. The van der Waals surface area contributed by atoms with Crippen molar-refractivity contribution in [3.05, 3.63) is 65.2 Å². The molecule has 1 heterocycles. The van der Waals surface area contributed by atoms with Crippen molar-refractivity contribution in [1.82, 2.24) is 10.2 Å². The van der Waals surface area contributed by atoms with Crippen LogP contribution in [0.25, 0.3) is 0 Å². The Kier molecular flexibility index (Phi) is 7.64. The maximum absolute atomic E-state index is 13.5. The molecule has 0 unspecified atom stereocenters. The summed E-state index contributed by atoms with van der Waals surface area (Å²) in [6, 6.07) is 14.9. The van der Waals surface area contributed by atoms with E-state index in [0.717, 1.165) is 22.4 Å². The Morgan fingerprint density at radius 1 is 1.09 bits per heavy atom. The smallest absolute Gasteiger partial charge is 0.240 e. The molecule has 1 N–H and O–H groups in total. The number of imide groups is 1. The number of carbonyl (C=O) groups is 3. The van der Waals surface area contributed by atoms with E-state index >= 15 is 0 Å². The number of aryl methyl sites for hydroxylation is 1. The van der Waals surface area contributed by atoms with Crippen molar-refractivity contribution in [3.8, 4) is 5.75 Å². The summed E-state index contributed by atoms with van der Waals surface area (Å²) in [5.74, 6) is -0.101. The predicted octanol–water partition coefficient (Wildman–Crippen LogP) is 2.74. The molecule has 0 spiro atoms. The fourth-order valence-corrected chi connectivity index (χ4v) is 4.23. The molecule has 1 saturated heterocycles. The zero-order valence-electron chi connectivity index (χ0n) is 18.8. The van der Waals surface area contributed by atoms with Gasteiger partial charge in [0.05, 0.1) is 12.5 Å². The zero-order valence-corrected chi connectivity index (χ0v) is 18.8. The summed E-state index contributed by atoms with van der Waals surface area (Å²) in [7, 11) is 3.18. The first-order chi connectivity index (χ1) is 15.4. The van der Waals surface area contributed by atoms with Gasteiger partial charge in [-0.25, -0.2) is 0 Å². The van der Waals surface area contributed by atoms with Crippen molar-refractivity contribution in [3.63, 3.8) is 0 Å². The monoisotopic (exact) mass is 438 g/mol. The standard InChI is InChI=1S/C25H30N2O5/c1-18-7-4-5-8-21(18)25(16-23(29)27(24(25)30)13-6-14-31-2)15-22(28)26-17-19-9-11-20(32-3)12-10-19/h4-5,7-12H,6,13-17H2,1-3H3,(H,26,28)/t25-/m1/s1. The molecule has 170 valence electrons. The van der Waals surface area contributed by atoms with Gasteiger partial charge in [0, 0.05) is 39.6 Å². The second kappa shape index (κ2) is 10.4. The lowest BCUT2D eigenvalue weighted by molar-refractivity contribution is -0.141. The van der Waals surface area contributed by atoms with Crippen LogP contribution in [0, 0.1) is 6.92 Å². The second-order valence-electron chi connectivity index (χ2n) is 8.07. The minimum absolute atomic E-state index is 0.0143. The predicted molar refractivity (Wildman–Crippen MR) is 120 cm³/mol. The van der Waals surface area contributed by atoms with Crippen molar-refractivity contribution in [2.75, 3.05) is 27.4 Å². The maximum atomic E-state index is 13.5. The van der Waals surface area contributed by atoms with E-state index in [1.807, 2.05) is 55.5 Å². The van der Waals surface area contributed by atoms with Gasteiger partial charge in [-0.15, -0.1) is 0 Å². The van der Waals surface area contributed by atoms with Gasteiger partial charge in [0.15, 0.2) is 0 Å². The lowest BCUT2D eigenvalue weighted by Crippen LogP contribution is -2.43. The van der Waals surface area contributed by atoms with Crippen molar-refractivity contribution >= 4 is 17.7 Å². The summed E-state index contributed by atoms with van der Waals surface area (Å²) in [6.07, 6.45) is 0.459. The average Bonchev–Trinajstić information content (AvgIpc) is 3.03. The number of likely N-dealkylation sites (tertiary alicyclic amines) is 1. The summed E-state index contributed by atoms with van der Waals surface area (Å²) >= 11 is 0. The van der Waals surface area contributed by atoms with Crippen LogP contribution in [-0.4, -0.2) is 50.0 Å². The van der Waals surface area contributed by atoms with E-state index in [1.165, 1.54) is 4.90 Å². The molecule has 3 rings (SSSR count). The Labute approximate surface area is 188 Å². The minimum Gasteiger partial charge on any atom is -0.497 e. The van der Waals surface area contributed by atoms with E-state index in [4.69, 9.17) is 9.47 Å². The number of hydrogen-bond acceptors (Lipinski definition) is 5. The number of carbonyl (C=O) groups excluding carboxylic acids is 3. The molecule has 1 fully saturated rings. The normalized spacial score (nSPS) is 18.2. The Balaban J connectivity index is 1.80. The van der Waals surface area contributed by atoms with Crippen molar-refractivity contribution in [1.29, 1.82) is 0 Å². The molecule has 0 aromatic heterocycles. The van der Waals surface area contributed by atoms with Crippen molar-refractivity contribution in [2.45, 2.75) is 38.1 Å². The van der Waals surface area contributed by atoms with E-state index in [2.05, 4.69) is 5.32 Å². The molecule has 7 nitrogen and oxygen atoms in total. The largest absolute Gasteiger partial charge is 0.497 e. The molecule has 32 heavy (non-hydrogen) atoms. The van der Waals surface area contributed by atoms with Crippen LogP contribution in [0.3, 0.4) is 0 Å². The van der Waals surface area contributed by atoms with Crippen LogP contribution in [0.15, 0.2) is 48.5 Å². The lowest BCUT2D eigenvalue weighted by atomic mass is 9.74. The molecule has 1 atom stereocenters. The molecule has 7 heteroatoms. The van der Waals surface area contributed by atoms with Crippen LogP contribution in [-0.2, 0) is 31.1 Å². The van der Waals surface area contributed by atoms with E-state index in [9.17, 15) is 14.4 Å². The molecule has 2 aromatic carbocycles. The van der Waals surface area contributed by atoms with Crippen LogP contribution >= 0.6 is 0 Å². The van der Waals surface area contributed by atoms with Crippen molar-refractivity contribution in [2.24, 2.45) is 0 Å². The maximum Gasteiger partial charge on any atom is 0.240 e. The van der Waals surface area contributed by atoms with Gasteiger partial charge in [-0.3, -0.25) is 19.3 Å². The summed E-state index contributed by atoms with van der Waals surface area (Å²) in [6.45, 7) is 2.97. The van der Waals surface area contributed by atoms with Gasteiger partial charge >= 0.3 is 0 Å². The Morgan fingerprint density at radius 3 is 2.47 bits per heavy atom. The van der Waals surface area contributed by atoms with Crippen molar-refractivity contribution < 1.29 is 23.9 Å². The molecular formula is C25H30N2O5. The van der Waals surface area contributed by atoms with Gasteiger partial charge in [-0.1, -0.05) is 36.4 Å². The van der Waals surface area contributed by atoms with Crippen LogP contribution in [0.4, 0.5) is 0 Å².